The molecule has 0 spiro atoms. The average Bonchev–Trinajstić information content (AvgIpc) is 3.23. The normalized spacial score (nSPS) is 15.2. The summed E-state index contributed by atoms with van der Waals surface area (Å²) in [5.74, 6) is -1.52. The molecule has 0 aliphatic carbocycles. The van der Waals surface area contributed by atoms with Gasteiger partial charge in [0.05, 0.1) is 29.6 Å². The number of anilines is 2. The van der Waals surface area contributed by atoms with Gasteiger partial charge < -0.3 is 20.0 Å². The maximum Gasteiger partial charge on any atom is 0.418 e. The molecular weight excluding hydrogens is 415 g/mol. The topological polar surface area (TPSA) is 91.7 Å². The van der Waals surface area contributed by atoms with Crippen LogP contribution in [0.5, 0.6) is 0 Å². The van der Waals surface area contributed by atoms with Crippen LogP contribution in [0.4, 0.5) is 24.5 Å². The second kappa shape index (κ2) is 9.67. The molecule has 1 aromatic carbocycles. The van der Waals surface area contributed by atoms with E-state index in [4.69, 9.17) is 4.42 Å². The molecule has 0 radical (unpaired) electrons. The van der Waals surface area contributed by atoms with E-state index in [0.29, 0.717) is 13.0 Å². The zero-order valence-electron chi connectivity index (χ0n) is 16.6. The lowest BCUT2D eigenvalue weighted by Crippen LogP contribution is -2.39. The van der Waals surface area contributed by atoms with Crippen molar-refractivity contribution in [3.05, 3.63) is 47.9 Å². The highest BCUT2D eigenvalue weighted by Crippen LogP contribution is 2.36. The van der Waals surface area contributed by atoms with E-state index < -0.39 is 29.2 Å². The van der Waals surface area contributed by atoms with E-state index in [1.54, 1.807) is 0 Å². The molecule has 1 aromatic heterocycles. The Morgan fingerprint density at radius 3 is 2.55 bits per heavy atom. The van der Waals surface area contributed by atoms with Crippen molar-refractivity contribution in [1.82, 2.24) is 4.90 Å². The number of nitrogens with one attached hydrogen (secondary N) is 2. The molecule has 0 bridgehead atoms. The van der Waals surface area contributed by atoms with Crippen LogP contribution in [0.15, 0.2) is 41.2 Å². The van der Waals surface area contributed by atoms with Gasteiger partial charge in [-0.15, -0.1) is 0 Å². The Labute approximate surface area is 176 Å². The number of alkyl halides is 3. The van der Waals surface area contributed by atoms with Crippen LogP contribution < -0.4 is 10.6 Å². The van der Waals surface area contributed by atoms with Gasteiger partial charge in [0.25, 0.3) is 5.91 Å². The van der Waals surface area contributed by atoms with Crippen LogP contribution in [-0.4, -0.2) is 35.7 Å². The number of carbonyl (C=O) groups is 3. The Balaban J connectivity index is 1.73. The lowest BCUT2D eigenvalue weighted by Gasteiger charge is -2.24. The second-order valence-electron chi connectivity index (χ2n) is 7.25. The number of furan rings is 1. The predicted octanol–water partition coefficient (Wildman–Crippen LogP) is 4.28. The zero-order chi connectivity index (χ0) is 22.4. The Kier molecular flexibility index (Phi) is 6.98. The van der Waals surface area contributed by atoms with E-state index in [1.165, 1.54) is 29.6 Å². The van der Waals surface area contributed by atoms with Crippen LogP contribution >= 0.6 is 0 Å². The third-order valence-electron chi connectivity index (χ3n) is 4.90. The van der Waals surface area contributed by atoms with E-state index in [1.807, 2.05) is 0 Å². The number of likely N-dealkylation sites (tertiary alicyclic amines) is 1. The summed E-state index contributed by atoms with van der Waals surface area (Å²) < 4.78 is 45.5. The number of benzene rings is 1. The van der Waals surface area contributed by atoms with E-state index in [2.05, 4.69) is 10.6 Å². The van der Waals surface area contributed by atoms with Crippen molar-refractivity contribution in [3.8, 4) is 0 Å². The monoisotopic (exact) mass is 437 g/mol. The van der Waals surface area contributed by atoms with Crippen molar-refractivity contribution in [2.45, 2.75) is 38.3 Å². The van der Waals surface area contributed by atoms with E-state index >= 15 is 0 Å². The molecule has 2 aromatic rings. The highest BCUT2D eigenvalue weighted by molar-refractivity contribution is 6.04. The fraction of sp³-hybridized carbons (Fsp3) is 0.381. The molecule has 7 nitrogen and oxygen atoms in total. The summed E-state index contributed by atoms with van der Waals surface area (Å²) in [4.78, 5) is 37.9. The molecule has 1 aliphatic heterocycles. The van der Waals surface area contributed by atoms with Gasteiger partial charge in [0.15, 0.2) is 0 Å². The Bertz CT molecular complexity index is 942. The summed E-state index contributed by atoms with van der Waals surface area (Å²) in [7, 11) is 0. The third-order valence-corrected chi connectivity index (χ3v) is 4.90. The van der Waals surface area contributed by atoms with Gasteiger partial charge in [0.2, 0.25) is 11.8 Å². The number of nitrogens with zero attached hydrogens (tertiary/aromatic N) is 1. The molecule has 31 heavy (non-hydrogen) atoms. The average molecular weight is 437 g/mol. The van der Waals surface area contributed by atoms with E-state index in [0.717, 1.165) is 37.8 Å². The highest BCUT2D eigenvalue weighted by atomic mass is 19.4. The Morgan fingerprint density at radius 2 is 1.84 bits per heavy atom. The number of amides is 3. The minimum absolute atomic E-state index is 0.0875. The standard InChI is InChI=1S/C21H22F3N3O4/c22-21(23,24)16-11-15(25-20(30)14-8-10-31-13-14)6-7-17(16)26-18(28)12-27-9-4-2-1-3-5-19(27)29/h6-8,10-11,13H,1-5,9,12H2,(H,25,30)(H,26,28). The fourth-order valence-corrected chi connectivity index (χ4v) is 3.31. The Hall–Kier alpha value is -3.30. The molecule has 10 heteroatoms. The molecule has 0 unspecified atom stereocenters. The summed E-state index contributed by atoms with van der Waals surface area (Å²) >= 11 is 0. The lowest BCUT2D eigenvalue weighted by atomic mass is 10.1. The van der Waals surface area contributed by atoms with Gasteiger partial charge in [0, 0.05) is 18.7 Å². The van der Waals surface area contributed by atoms with Crippen molar-refractivity contribution >= 4 is 29.1 Å². The maximum absolute atomic E-state index is 13.6. The molecule has 0 saturated carbocycles. The summed E-state index contributed by atoms with van der Waals surface area (Å²) in [5, 5.41) is 4.61. The minimum atomic E-state index is -4.77. The first-order valence-corrected chi connectivity index (χ1v) is 9.86. The maximum atomic E-state index is 13.6. The summed E-state index contributed by atoms with van der Waals surface area (Å²) in [6, 6.07) is 4.45. The molecule has 0 atom stereocenters. The quantitative estimate of drug-likeness (QED) is 0.730. The van der Waals surface area contributed by atoms with E-state index in [9.17, 15) is 27.6 Å². The Morgan fingerprint density at radius 1 is 1.06 bits per heavy atom. The number of hydrogen-bond donors (Lipinski definition) is 2. The molecule has 1 saturated heterocycles. The SMILES string of the molecule is O=C(CN1CCCCCCC1=O)Nc1ccc(NC(=O)c2ccoc2)cc1C(F)(F)F. The van der Waals surface area contributed by atoms with Crippen LogP contribution in [0.3, 0.4) is 0 Å². The lowest BCUT2D eigenvalue weighted by molar-refractivity contribution is -0.137. The molecule has 166 valence electrons. The molecule has 3 rings (SSSR count). The van der Waals surface area contributed by atoms with Gasteiger partial charge in [-0.25, -0.2) is 0 Å². The smallest absolute Gasteiger partial charge is 0.418 e. The number of carbonyl (C=O) groups excluding carboxylic acids is 3. The van der Waals surface area contributed by atoms with E-state index in [-0.39, 0.29) is 23.7 Å². The van der Waals surface area contributed by atoms with Crippen molar-refractivity contribution in [2.24, 2.45) is 0 Å². The van der Waals surface area contributed by atoms with Crippen LogP contribution in [0.1, 0.15) is 48.0 Å². The molecule has 3 amide bonds. The molecule has 2 heterocycles. The number of hydrogen-bond acceptors (Lipinski definition) is 4. The molecule has 1 fully saturated rings. The summed E-state index contributed by atoms with van der Waals surface area (Å²) in [5.41, 5.74) is -1.48. The van der Waals surface area contributed by atoms with Crippen LogP contribution in [0.2, 0.25) is 0 Å². The third kappa shape index (κ3) is 6.09. The van der Waals surface area contributed by atoms with Crippen molar-refractivity contribution in [1.29, 1.82) is 0 Å². The van der Waals surface area contributed by atoms with Gasteiger partial charge in [0.1, 0.15) is 6.26 Å². The van der Waals surface area contributed by atoms with Crippen molar-refractivity contribution < 1.29 is 32.0 Å². The van der Waals surface area contributed by atoms with Gasteiger partial charge >= 0.3 is 6.18 Å². The first kappa shape index (κ1) is 22.4. The fourth-order valence-electron chi connectivity index (χ4n) is 3.31. The minimum Gasteiger partial charge on any atom is -0.472 e. The van der Waals surface area contributed by atoms with Crippen LogP contribution in [-0.2, 0) is 15.8 Å². The highest BCUT2D eigenvalue weighted by Gasteiger charge is 2.34. The first-order valence-electron chi connectivity index (χ1n) is 9.86. The molecular formula is C21H22F3N3O4. The van der Waals surface area contributed by atoms with Crippen molar-refractivity contribution in [3.63, 3.8) is 0 Å². The van der Waals surface area contributed by atoms with Gasteiger partial charge in [-0.2, -0.15) is 13.2 Å². The number of halogens is 3. The summed E-state index contributed by atoms with van der Waals surface area (Å²) in [6.07, 6.45) is 1.37. The van der Waals surface area contributed by atoms with Crippen LogP contribution in [0.25, 0.3) is 0 Å². The largest absolute Gasteiger partial charge is 0.472 e. The summed E-state index contributed by atoms with van der Waals surface area (Å²) in [6.45, 7) is 0.0898. The second-order valence-corrected chi connectivity index (χ2v) is 7.25. The first-order chi connectivity index (χ1) is 14.7. The number of rotatable bonds is 5. The zero-order valence-corrected chi connectivity index (χ0v) is 16.6. The van der Waals surface area contributed by atoms with Crippen LogP contribution in [0, 0.1) is 0 Å². The van der Waals surface area contributed by atoms with Gasteiger partial charge in [-0.3, -0.25) is 14.4 Å². The molecule has 2 N–H and O–H groups in total. The predicted molar refractivity (Wildman–Crippen MR) is 106 cm³/mol. The van der Waals surface area contributed by atoms with Gasteiger partial charge in [-0.05, 0) is 37.1 Å². The molecule has 1 aliphatic rings. The van der Waals surface area contributed by atoms with Gasteiger partial charge in [-0.1, -0.05) is 12.8 Å². The van der Waals surface area contributed by atoms with Crippen molar-refractivity contribution in [2.75, 3.05) is 23.7 Å².